The van der Waals surface area contributed by atoms with Crippen molar-refractivity contribution in [1.82, 2.24) is 9.80 Å². The lowest BCUT2D eigenvalue weighted by Gasteiger charge is -2.27. The van der Waals surface area contributed by atoms with Crippen molar-refractivity contribution in [3.8, 4) is 29.4 Å². The number of quaternary nitrogens is 1. The zero-order chi connectivity index (χ0) is 64.2. The number of esters is 1. The van der Waals surface area contributed by atoms with Crippen LogP contribution in [-0.2, 0) is 50.2 Å². The Morgan fingerprint density at radius 1 is 0.831 bits per heavy atom. The van der Waals surface area contributed by atoms with Crippen molar-refractivity contribution in [3.05, 3.63) is 70.8 Å². The summed E-state index contributed by atoms with van der Waals surface area (Å²) in [5, 5.41) is 0.281. The van der Waals surface area contributed by atoms with Gasteiger partial charge in [0.05, 0.1) is 27.2 Å². The topological polar surface area (TPSA) is 297 Å². The number of nitrogens with zero attached hydrogens (tertiary/aromatic N) is 3. The van der Waals surface area contributed by atoms with Crippen LogP contribution in [0.1, 0.15) is 122 Å². The number of carbonyl (C=O) groups excluding carboxylic acids is 8. The Morgan fingerprint density at radius 2 is 1.36 bits per heavy atom. The van der Waals surface area contributed by atoms with Crippen LogP contribution < -0.4 is 21.9 Å². The fourth-order valence-electron chi connectivity index (χ4n) is 6.08. The maximum Gasteiger partial charge on any atom is 0.410 e. The maximum absolute atomic E-state index is 13.1. The number of carbonyl (C=O) groups is 8. The molecular weight excluding hydrogens is 1170 g/mol. The van der Waals surface area contributed by atoms with Gasteiger partial charge in [-0.25, -0.2) is 22.0 Å². The van der Waals surface area contributed by atoms with Gasteiger partial charge >= 0.3 is 12.1 Å². The Balaban J connectivity index is 0. The summed E-state index contributed by atoms with van der Waals surface area (Å²) < 4.78 is 93.0. The van der Waals surface area contributed by atoms with E-state index in [1.54, 1.807) is 6.92 Å². The zero-order valence-corrected chi connectivity index (χ0v) is 52.1. The highest BCUT2D eigenvalue weighted by Crippen LogP contribution is 2.39. The SMILES string of the molecule is CC(C)C#CCN(C)C.CC(C)C#CC[N+](C)(C)Cc1ccc(C(=O)CCCN2C(=O)C=CC2=O)cc1.CC(C)CC(=O)OCCC1CCSS1.CCC(N)=O.NC(=O)CCCC(=O)Cl.NC(=O)Oc1c(F)c(F)c(S(=O)(=O)[O-])c(F)c1F. The fourth-order valence-corrected chi connectivity index (χ4v) is 9.78. The van der Waals surface area contributed by atoms with Crippen LogP contribution in [0.15, 0.2) is 41.3 Å². The van der Waals surface area contributed by atoms with Crippen molar-refractivity contribution < 1.29 is 82.8 Å². The summed E-state index contributed by atoms with van der Waals surface area (Å²) >= 11 is 4.97. The van der Waals surface area contributed by atoms with Crippen molar-refractivity contribution in [1.29, 1.82) is 0 Å². The van der Waals surface area contributed by atoms with E-state index >= 15 is 0 Å². The standard InChI is InChI=1S/C23H29N2O3.C10H18O2S2.C8H15N.C7H3F4NO5S.C5H8ClNO2.C3H7NO/c1-18(2)7-6-16-25(3,4)17-19-9-11-20(12-10-19)21(26)8-5-15-24-22(27)13-14-23(24)28;1-8(2)7-10(11)12-5-3-9-4-6-13-14-9;1-8(2)6-5-7-9(3)4;8-1-3(10)6(18(14,15)16)4(11)2(9)5(1)17-7(12)13;6-4(8)2-1-3-5(7)9;1-2-3(4)5/h9-14,18H,5,8,15-17H2,1-4H3;8-9H,3-7H2,1-2H3;8H,7H2,1-4H3;(H2,12,13)(H,14,15,16);1-3H2,(H2,7,9);2H2,1H3,(H2,4,5)/q+1;;;;;/p-1. The van der Waals surface area contributed by atoms with E-state index in [0.717, 1.165) is 36.1 Å². The Morgan fingerprint density at radius 3 is 1.78 bits per heavy atom. The van der Waals surface area contributed by atoms with E-state index in [9.17, 15) is 68.9 Å². The van der Waals surface area contributed by atoms with E-state index in [0.29, 0.717) is 67.3 Å². The van der Waals surface area contributed by atoms with Crippen molar-refractivity contribution in [2.24, 2.45) is 35.0 Å². The minimum atomic E-state index is -5.81. The molecule has 0 saturated carbocycles. The number of Topliss-reactive ketones (excluding diaryl/α,β-unsaturated/α-hetero) is 1. The zero-order valence-electron chi connectivity index (χ0n) is 48.9. The van der Waals surface area contributed by atoms with Crippen LogP contribution in [0.25, 0.3) is 0 Å². The van der Waals surface area contributed by atoms with E-state index in [1.807, 2.05) is 73.8 Å². The average molecular weight is 1250 g/mol. The van der Waals surface area contributed by atoms with Gasteiger partial charge in [-0.3, -0.25) is 43.4 Å². The molecule has 1 unspecified atom stereocenters. The average Bonchev–Trinajstić information content (AvgIpc) is 4.08. The smallest absolute Gasteiger partial charge is 0.410 e. The Kier molecular flexibility index (Phi) is 39.9. The van der Waals surface area contributed by atoms with Crippen LogP contribution in [0.3, 0.4) is 0 Å². The molecule has 464 valence electrons. The molecule has 0 aliphatic carbocycles. The van der Waals surface area contributed by atoms with E-state index in [4.69, 9.17) is 22.1 Å². The van der Waals surface area contributed by atoms with Gasteiger partial charge in [0.25, 0.3) is 11.8 Å². The summed E-state index contributed by atoms with van der Waals surface area (Å²) in [6.45, 7) is 17.5. The number of hydrogen-bond acceptors (Lipinski definition) is 16. The third-order valence-corrected chi connectivity index (χ3v) is 14.1. The first-order valence-electron chi connectivity index (χ1n) is 26.0. The highest BCUT2D eigenvalue weighted by atomic mass is 35.5. The lowest BCUT2D eigenvalue weighted by atomic mass is 10.0. The number of benzene rings is 2. The van der Waals surface area contributed by atoms with E-state index < -0.39 is 61.3 Å². The van der Waals surface area contributed by atoms with Gasteiger partial charge in [-0.1, -0.05) is 112 Å². The van der Waals surface area contributed by atoms with E-state index in [-0.39, 0.29) is 48.9 Å². The minimum Gasteiger partial charge on any atom is -0.744 e. The van der Waals surface area contributed by atoms with Crippen LogP contribution in [0.2, 0.25) is 0 Å². The molecule has 0 bridgehead atoms. The largest absolute Gasteiger partial charge is 0.744 e. The van der Waals surface area contributed by atoms with Gasteiger partial charge in [0.15, 0.2) is 17.4 Å². The third kappa shape index (κ3) is 38.5. The maximum atomic E-state index is 13.1. The van der Waals surface area contributed by atoms with Gasteiger partial charge in [0.1, 0.15) is 28.1 Å². The number of rotatable bonds is 21. The summed E-state index contributed by atoms with van der Waals surface area (Å²) in [4.78, 5) is 87.3. The molecule has 0 aromatic heterocycles. The molecule has 4 rings (SSSR count). The second-order valence-corrected chi connectivity index (χ2v) is 24.6. The summed E-state index contributed by atoms with van der Waals surface area (Å²) in [7, 11) is 6.39. The molecule has 2 aliphatic heterocycles. The van der Waals surface area contributed by atoms with E-state index in [2.05, 4.69) is 86.6 Å². The highest BCUT2D eigenvalue weighted by molar-refractivity contribution is 8.77. The number of nitrogens with two attached hydrogens (primary N) is 3. The van der Waals surface area contributed by atoms with Gasteiger partial charge < -0.3 is 35.7 Å². The Labute approximate surface area is 498 Å². The molecular formula is C56H79ClF4N6O13S3. The van der Waals surface area contributed by atoms with Gasteiger partial charge in [0, 0.05) is 84.8 Å². The lowest BCUT2D eigenvalue weighted by Crippen LogP contribution is -2.39. The number of hydrogen-bond donors (Lipinski definition) is 3. The number of primary amides is 3. The predicted octanol–water partition coefficient (Wildman–Crippen LogP) is 8.03. The molecule has 0 radical (unpaired) electrons. The summed E-state index contributed by atoms with van der Waals surface area (Å²) in [5.74, 6) is 2.18. The molecule has 6 N–H and O–H groups in total. The minimum absolute atomic E-state index is 0.0233. The van der Waals surface area contributed by atoms with Crippen LogP contribution in [0.5, 0.6) is 5.75 Å². The summed E-state index contributed by atoms with van der Waals surface area (Å²) in [6.07, 6.45) is 5.69. The molecule has 27 heteroatoms. The Hall–Kier alpha value is -6.00. The number of halogens is 5. The first-order valence-corrected chi connectivity index (χ1v) is 30.2. The molecule has 1 fully saturated rings. The predicted molar refractivity (Wildman–Crippen MR) is 312 cm³/mol. The number of ketones is 1. The van der Waals surface area contributed by atoms with Crippen LogP contribution in [0, 0.1) is 64.7 Å². The molecule has 1 saturated heterocycles. The molecule has 2 aliphatic rings. The summed E-state index contributed by atoms with van der Waals surface area (Å²) in [6, 6.07) is 7.68. The summed E-state index contributed by atoms with van der Waals surface area (Å²) in [5.41, 5.74) is 15.6. The molecule has 2 heterocycles. The third-order valence-electron chi connectivity index (χ3n) is 10.0. The van der Waals surface area contributed by atoms with Crippen LogP contribution >= 0.6 is 33.2 Å². The molecule has 2 aromatic carbocycles. The molecule has 5 amide bonds. The molecule has 83 heavy (non-hydrogen) atoms. The van der Waals surface area contributed by atoms with Crippen molar-refractivity contribution in [3.63, 3.8) is 0 Å². The monoisotopic (exact) mass is 1250 g/mol. The van der Waals surface area contributed by atoms with Gasteiger partial charge in [0.2, 0.25) is 34.4 Å². The van der Waals surface area contributed by atoms with Gasteiger partial charge in [-0.05, 0) is 63.2 Å². The first-order chi connectivity index (χ1) is 38.4. The molecule has 1 atom stereocenters. The quantitative estimate of drug-likeness (QED) is 0.0102. The fraction of sp³-hybridized carbons (Fsp3) is 0.536. The molecule has 2 aromatic rings. The lowest BCUT2D eigenvalue weighted by molar-refractivity contribution is -0.896. The van der Waals surface area contributed by atoms with E-state index in [1.165, 1.54) is 29.2 Å². The first kappa shape index (κ1) is 79.1. The number of ether oxygens (including phenoxy) is 2. The van der Waals surface area contributed by atoms with Crippen LogP contribution in [0.4, 0.5) is 22.4 Å². The second kappa shape index (κ2) is 41.9. The van der Waals surface area contributed by atoms with Gasteiger partial charge in [-0.2, -0.15) is 8.78 Å². The second-order valence-electron chi connectivity index (χ2n) is 20.0. The van der Waals surface area contributed by atoms with Gasteiger partial charge in [-0.15, -0.1) is 0 Å². The number of imide groups is 1. The highest BCUT2D eigenvalue weighted by Gasteiger charge is 2.31. The van der Waals surface area contributed by atoms with Crippen molar-refractivity contribution >= 4 is 90.0 Å². The molecule has 0 spiro atoms. The number of amides is 5. The van der Waals surface area contributed by atoms with Crippen LogP contribution in [-0.4, -0.2) is 139 Å². The normalized spacial score (nSPS) is 13.2. The molecule has 19 nitrogen and oxygen atoms in total. The van der Waals surface area contributed by atoms with Crippen molar-refractivity contribution in [2.45, 2.75) is 123 Å². The Bertz CT molecular complexity index is 2680. The van der Waals surface area contributed by atoms with Crippen molar-refractivity contribution in [2.75, 3.05) is 60.2 Å².